The number of nitro groups is 1. The van der Waals surface area contributed by atoms with Gasteiger partial charge in [0.25, 0.3) is 17.4 Å². The standard InChI is InChI=1S/C27H25N3O6/c1-4-36-22-7-5-6-18(16-22)24-23(25(31)17-8-10-21(11-9-17)30(34)35)26(32)27(33)29(24)20-14-12-19(13-15-20)28(2)3/h5-16,24,31H,4H2,1-3H3/b25-23+. The number of carbonyl (C=O) groups is 2. The summed E-state index contributed by atoms with van der Waals surface area (Å²) in [6, 6.07) is 18.4. The van der Waals surface area contributed by atoms with Crippen LogP contribution in [0.4, 0.5) is 17.1 Å². The Morgan fingerprint density at radius 3 is 2.31 bits per heavy atom. The van der Waals surface area contributed by atoms with Crippen LogP contribution in [0.5, 0.6) is 5.75 Å². The first-order chi connectivity index (χ1) is 17.2. The number of non-ortho nitro benzene ring substituents is 1. The number of benzene rings is 3. The average Bonchev–Trinajstić information content (AvgIpc) is 3.14. The number of amides is 1. The summed E-state index contributed by atoms with van der Waals surface area (Å²) in [4.78, 5) is 40.3. The van der Waals surface area contributed by atoms with E-state index >= 15 is 0 Å². The van der Waals surface area contributed by atoms with Crippen LogP contribution in [-0.2, 0) is 9.59 Å². The molecule has 4 rings (SSSR count). The predicted octanol–water partition coefficient (Wildman–Crippen LogP) is 4.69. The van der Waals surface area contributed by atoms with Crippen molar-refractivity contribution in [1.82, 2.24) is 0 Å². The van der Waals surface area contributed by atoms with E-state index in [9.17, 15) is 24.8 Å². The van der Waals surface area contributed by atoms with Gasteiger partial charge in [-0.25, -0.2) is 0 Å². The Balaban J connectivity index is 1.89. The van der Waals surface area contributed by atoms with E-state index in [2.05, 4.69) is 0 Å². The molecule has 1 unspecified atom stereocenters. The zero-order chi connectivity index (χ0) is 26.0. The second-order valence-corrected chi connectivity index (χ2v) is 8.39. The lowest BCUT2D eigenvalue weighted by molar-refractivity contribution is -0.384. The molecular formula is C27H25N3O6. The fourth-order valence-corrected chi connectivity index (χ4v) is 4.16. The molecule has 9 nitrogen and oxygen atoms in total. The van der Waals surface area contributed by atoms with E-state index < -0.39 is 28.4 Å². The summed E-state index contributed by atoms with van der Waals surface area (Å²) in [7, 11) is 3.79. The van der Waals surface area contributed by atoms with Crippen molar-refractivity contribution in [3.63, 3.8) is 0 Å². The van der Waals surface area contributed by atoms with E-state index in [4.69, 9.17) is 4.74 Å². The van der Waals surface area contributed by atoms with Crippen molar-refractivity contribution in [2.45, 2.75) is 13.0 Å². The molecule has 184 valence electrons. The number of Topliss-reactive ketones (excluding diaryl/α,β-unsaturated/α-hetero) is 1. The maximum atomic E-state index is 13.3. The SMILES string of the molecule is CCOc1cccc(C2/C(=C(\O)c3ccc([N+](=O)[O-])cc3)C(=O)C(=O)N2c2ccc(N(C)C)cc2)c1. The van der Waals surface area contributed by atoms with Crippen LogP contribution in [-0.4, -0.2) is 42.4 Å². The van der Waals surface area contributed by atoms with Crippen LogP contribution < -0.4 is 14.5 Å². The summed E-state index contributed by atoms with van der Waals surface area (Å²) in [5.74, 6) is -1.50. The highest BCUT2D eigenvalue weighted by atomic mass is 16.6. The minimum atomic E-state index is -0.939. The molecule has 1 amide bonds. The van der Waals surface area contributed by atoms with Crippen molar-refractivity contribution in [1.29, 1.82) is 0 Å². The summed E-state index contributed by atoms with van der Waals surface area (Å²) < 4.78 is 5.62. The molecule has 1 atom stereocenters. The molecule has 0 spiro atoms. The Bertz CT molecular complexity index is 1350. The van der Waals surface area contributed by atoms with Crippen LogP contribution in [0.25, 0.3) is 5.76 Å². The van der Waals surface area contributed by atoms with Crippen LogP contribution in [0.2, 0.25) is 0 Å². The van der Waals surface area contributed by atoms with Crippen LogP contribution >= 0.6 is 0 Å². The minimum absolute atomic E-state index is 0.112. The van der Waals surface area contributed by atoms with Gasteiger partial charge in [0.15, 0.2) is 0 Å². The average molecular weight is 488 g/mol. The molecule has 3 aromatic rings. The van der Waals surface area contributed by atoms with Crippen molar-refractivity contribution in [3.8, 4) is 5.75 Å². The first kappa shape index (κ1) is 24.5. The molecule has 0 saturated carbocycles. The molecule has 9 heteroatoms. The quantitative estimate of drug-likeness (QED) is 0.169. The van der Waals surface area contributed by atoms with Crippen molar-refractivity contribution in [2.75, 3.05) is 30.5 Å². The summed E-state index contributed by atoms with van der Waals surface area (Å²) >= 11 is 0. The Morgan fingerprint density at radius 2 is 1.72 bits per heavy atom. The van der Waals surface area contributed by atoms with E-state index in [1.165, 1.54) is 29.2 Å². The highest BCUT2D eigenvalue weighted by molar-refractivity contribution is 6.51. The molecule has 1 N–H and O–H groups in total. The van der Waals surface area contributed by atoms with E-state index in [0.717, 1.165) is 5.69 Å². The van der Waals surface area contributed by atoms with Gasteiger partial charge in [-0.1, -0.05) is 12.1 Å². The van der Waals surface area contributed by atoms with Crippen LogP contribution in [0.1, 0.15) is 24.1 Å². The number of carbonyl (C=O) groups excluding carboxylic acids is 2. The van der Waals surface area contributed by atoms with E-state index in [0.29, 0.717) is 23.6 Å². The predicted molar refractivity (Wildman–Crippen MR) is 136 cm³/mol. The topological polar surface area (TPSA) is 113 Å². The summed E-state index contributed by atoms with van der Waals surface area (Å²) in [6.07, 6.45) is 0. The van der Waals surface area contributed by atoms with Crippen molar-refractivity contribution >= 4 is 34.5 Å². The lowest BCUT2D eigenvalue weighted by Crippen LogP contribution is -2.29. The fourth-order valence-electron chi connectivity index (χ4n) is 4.16. The molecule has 1 heterocycles. The van der Waals surface area contributed by atoms with Crippen molar-refractivity contribution in [2.24, 2.45) is 0 Å². The number of anilines is 2. The molecular weight excluding hydrogens is 462 g/mol. The first-order valence-electron chi connectivity index (χ1n) is 11.3. The van der Waals surface area contributed by atoms with Gasteiger partial charge in [0.05, 0.1) is 23.1 Å². The number of nitro benzene ring substituents is 1. The van der Waals surface area contributed by atoms with Gasteiger partial charge in [-0.15, -0.1) is 0 Å². The van der Waals surface area contributed by atoms with Crippen LogP contribution in [0, 0.1) is 10.1 Å². The molecule has 0 radical (unpaired) electrons. The monoisotopic (exact) mass is 487 g/mol. The number of ketones is 1. The molecule has 0 bridgehead atoms. The van der Waals surface area contributed by atoms with E-state index in [-0.39, 0.29) is 16.8 Å². The normalized spacial score (nSPS) is 16.8. The van der Waals surface area contributed by atoms with Gasteiger partial charge in [-0.3, -0.25) is 24.6 Å². The third-order valence-electron chi connectivity index (χ3n) is 5.93. The minimum Gasteiger partial charge on any atom is -0.507 e. The van der Waals surface area contributed by atoms with Gasteiger partial charge >= 0.3 is 0 Å². The number of hydrogen-bond acceptors (Lipinski definition) is 7. The Kier molecular flexibility index (Phi) is 6.73. The van der Waals surface area contributed by atoms with Gasteiger partial charge < -0.3 is 14.7 Å². The summed E-state index contributed by atoms with van der Waals surface area (Å²) in [6.45, 7) is 2.28. The van der Waals surface area contributed by atoms with Gasteiger partial charge in [-0.2, -0.15) is 0 Å². The number of aliphatic hydroxyl groups is 1. The molecule has 1 aliphatic rings. The molecule has 0 aromatic heterocycles. The lowest BCUT2D eigenvalue weighted by atomic mass is 9.95. The lowest BCUT2D eigenvalue weighted by Gasteiger charge is -2.26. The van der Waals surface area contributed by atoms with Crippen molar-refractivity contribution < 1.29 is 24.4 Å². The van der Waals surface area contributed by atoms with Gasteiger partial charge in [0, 0.05) is 43.2 Å². The molecule has 1 saturated heterocycles. The van der Waals surface area contributed by atoms with Crippen LogP contribution in [0.15, 0.2) is 78.4 Å². The number of aliphatic hydroxyl groups excluding tert-OH is 1. The second-order valence-electron chi connectivity index (χ2n) is 8.39. The zero-order valence-electron chi connectivity index (χ0n) is 20.0. The zero-order valence-corrected chi connectivity index (χ0v) is 20.0. The Morgan fingerprint density at radius 1 is 1.06 bits per heavy atom. The maximum absolute atomic E-state index is 13.3. The Hall–Kier alpha value is -4.66. The third kappa shape index (κ3) is 4.50. The Labute approximate surface area is 208 Å². The molecule has 1 aliphatic heterocycles. The highest BCUT2D eigenvalue weighted by Gasteiger charge is 2.47. The van der Waals surface area contributed by atoms with Crippen molar-refractivity contribution in [3.05, 3.63) is 99.6 Å². The van der Waals surface area contributed by atoms with E-state index in [1.807, 2.05) is 38.1 Å². The number of rotatable bonds is 7. The molecule has 0 aliphatic carbocycles. The number of ether oxygens (including phenoxy) is 1. The van der Waals surface area contributed by atoms with Gasteiger partial charge in [0.1, 0.15) is 11.5 Å². The van der Waals surface area contributed by atoms with Gasteiger partial charge in [0.2, 0.25) is 0 Å². The van der Waals surface area contributed by atoms with E-state index in [1.54, 1.807) is 36.4 Å². The molecule has 36 heavy (non-hydrogen) atoms. The summed E-state index contributed by atoms with van der Waals surface area (Å²) in [5, 5.41) is 22.2. The number of hydrogen-bond donors (Lipinski definition) is 1. The third-order valence-corrected chi connectivity index (χ3v) is 5.93. The maximum Gasteiger partial charge on any atom is 0.300 e. The molecule has 1 fully saturated rings. The number of nitrogens with zero attached hydrogens (tertiary/aromatic N) is 3. The second kappa shape index (κ2) is 9.91. The largest absolute Gasteiger partial charge is 0.507 e. The first-order valence-corrected chi connectivity index (χ1v) is 11.3. The molecule has 3 aromatic carbocycles. The highest BCUT2D eigenvalue weighted by Crippen LogP contribution is 2.43. The van der Waals surface area contributed by atoms with Crippen LogP contribution in [0.3, 0.4) is 0 Å². The summed E-state index contributed by atoms with van der Waals surface area (Å²) in [5.41, 5.74) is 1.88. The fraction of sp³-hybridized carbons (Fsp3) is 0.185. The smallest absolute Gasteiger partial charge is 0.300 e. The van der Waals surface area contributed by atoms with Gasteiger partial charge in [-0.05, 0) is 61.0 Å².